The first-order valence-corrected chi connectivity index (χ1v) is 5.81. The van der Waals surface area contributed by atoms with Crippen molar-refractivity contribution in [3.63, 3.8) is 0 Å². The molecular weight excluding hydrogens is 317 g/mol. The lowest BCUT2D eigenvalue weighted by Crippen LogP contribution is -2.12. The smallest absolute Gasteiger partial charge is 0.419 e. The molecule has 0 radical (unpaired) electrons. The second-order valence-corrected chi connectivity index (χ2v) is 4.16. The highest BCUT2D eigenvalue weighted by atomic mass is 19.4. The van der Waals surface area contributed by atoms with E-state index >= 15 is 0 Å². The fourth-order valence-electron chi connectivity index (χ4n) is 1.90. The third-order valence-corrected chi connectivity index (χ3v) is 2.77. The third-order valence-electron chi connectivity index (χ3n) is 2.77. The number of hydrogen-bond acceptors (Lipinski definition) is 1. The second kappa shape index (κ2) is 5.86. The van der Waals surface area contributed by atoms with Crippen LogP contribution in [-0.4, -0.2) is 6.61 Å². The Bertz CT molecular complexity index is 679. The van der Waals surface area contributed by atoms with Gasteiger partial charge in [-0.2, -0.15) is 22.0 Å². The largest absolute Gasteiger partial charge is 0.434 e. The third kappa shape index (κ3) is 3.15. The maximum atomic E-state index is 13.7. The predicted octanol–water partition coefficient (Wildman–Crippen LogP) is 5.25. The standard InChI is InChI=1S/C14H7F7O/c15-10-6-2-3-7(11(10)16)8-4-1-5-9(14(19,20)21)12(8)22-13(17)18/h1-6,13H. The molecule has 22 heavy (non-hydrogen) atoms. The molecule has 0 bridgehead atoms. The van der Waals surface area contributed by atoms with Gasteiger partial charge in [0, 0.05) is 11.1 Å². The molecule has 0 fully saturated rings. The molecule has 0 aliphatic heterocycles. The summed E-state index contributed by atoms with van der Waals surface area (Å²) >= 11 is 0. The van der Waals surface area contributed by atoms with Crippen molar-refractivity contribution in [2.24, 2.45) is 0 Å². The van der Waals surface area contributed by atoms with Crippen LogP contribution in [0.1, 0.15) is 5.56 Å². The average molecular weight is 324 g/mol. The van der Waals surface area contributed by atoms with Crippen LogP contribution in [0.4, 0.5) is 30.7 Å². The van der Waals surface area contributed by atoms with Crippen molar-refractivity contribution in [3.8, 4) is 16.9 Å². The minimum absolute atomic E-state index is 0.512. The Morgan fingerprint density at radius 1 is 0.864 bits per heavy atom. The molecule has 118 valence electrons. The molecule has 0 atom stereocenters. The number of halogens is 7. The molecule has 8 heteroatoms. The summed E-state index contributed by atoms with van der Waals surface area (Å²) in [5, 5.41) is 0. The van der Waals surface area contributed by atoms with Gasteiger partial charge < -0.3 is 4.74 Å². The zero-order valence-electron chi connectivity index (χ0n) is 10.6. The van der Waals surface area contributed by atoms with Gasteiger partial charge in [-0.05, 0) is 12.1 Å². The highest BCUT2D eigenvalue weighted by Crippen LogP contribution is 2.43. The van der Waals surface area contributed by atoms with E-state index in [2.05, 4.69) is 4.74 Å². The van der Waals surface area contributed by atoms with Crippen molar-refractivity contribution in [2.75, 3.05) is 0 Å². The van der Waals surface area contributed by atoms with Crippen molar-refractivity contribution < 1.29 is 35.5 Å². The molecule has 0 saturated heterocycles. The molecule has 0 saturated carbocycles. The second-order valence-electron chi connectivity index (χ2n) is 4.16. The summed E-state index contributed by atoms with van der Waals surface area (Å²) in [6, 6.07) is 5.09. The molecule has 0 unspecified atom stereocenters. The molecule has 0 N–H and O–H groups in total. The van der Waals surface area contributed by atoms with Gasteiger partial charge in [-0.3, -0.25) is 0 Å². The molecule has 0 aliphatic carbocycles. The number of para-hydroxylation sites is 1. The lowest BCUT2D eigenvalue weighted by molar-refractivity contribution is -0.141. The van der Waals surface area contributed by atoms with E-state index in [0.717, 1.165) is 30.3 Å². The monoisotopic (exact) mass is 324 g/mol. The van der Waals surface area contributed by atoms with E-state index in [1.165, 1.54) is 0 Å². The van der Waals surface area contributed by atoms with Gasteiger partial charge in [0.25, 0.3) is 0 Å². The topological polar surface area (TPSA) is 9.23 Å². The Morgan fingerprint density at radius 2 is 1.45 bits per heavy atom. The van der Waals surface area contributed by atoms with Gasteiger partial charge in [0.15, 0.2) is 11.6 Å². The number of alkyl halides is 5. The average Bonchev–Trinajstić information content (AvgIpc) is 2.40. The summed E-state index contributed by atoms with van der Waals surface area (Å²) < 4.78 is 94.3. The Hall–Kier alpha value is -2.25. The Labute approximate surface area is 119 Å². The summed E-state index contributed by atoms with van der Waals surface area (Å²) in [7, 11) is 0. The SMILES string of the molecule is Fc1cccc(-c2cccc(C(F)(F)F)c2OC(F)F)c1F. The first-order valence-electron chi connectivity index (χ1n) is 5.81. The molecule has 1 nitrogen and oxygen atoms in total. The molecule has 2 rings (SSSR count). The quantitative estimate of drug-likeness (QED) is 0.701. The number of hydrogen-bond donors (Lipinski definition) is 0. The van der Waals surface area contributed by atoms with Crippen molar-refractivity contribution in [1.29, 1.82) is 0 Å². The molecule has 0 aliphatic rings. The van der Waals surface area contributed by atoms with Crippen LogP contribution >= 0.6 is 0 Å². The van der Waals surface area contributed by atoms with Gasteiger partial charge >= 0.3 is 12.8 Å². The minimum Gasteiger partial charge on any atom is -0.434 e. The molecule has 0 heterocycles. The van der Waals surface area contributed by atoms with Crippen LogP contribution in [0.15, 0.2) is 36.4 Å². The van der Waals surface area contributed by atoms with Crippen molar-refractivity contribution in [2.45, 2.75) is 12.8 Å². The first kappa shape index (κ1) is 16.1. The molecule has 2 aromatic rings. The van der Waals surface area contributed by atoms with Gasteiger partial charge in [0.1, 0.15) is 5.75 Å². The Balaban J connectivity index is 2.73. The van der Waals surface area contributed by atoms with E-state index in [1.54, 1.807) is 0 Å². The summed E-state index contributed by atoms with van der Waals surface area (Å²) in [5.74, 6) is -4.03. The van der Waals surface area contributed by atoms with E-state index in [-0.39, 0.29) is 0 Å². The van der Waals surface area contributed by atoms with Crippen LogP contribution in [-0.2, 0) is 6.18 Å². The van der Waals surface area contributed by atoms with Crippen LogP contribution in [0.3, 0.4) is 0 Å². The molecule has 0 spiro atoms. The lowest BCUT2D eigenvalue weighted by Gasteiger charge is -2.17. The van der Waals surface area contributed by atoms with Crippen LogP contribution in [0.2, 0.25) is 0 Å². The highest BCUT2D eigenvalue weighted by molar-refractivity contribution is 5.73. The van der Waals surface area contributed by atoms with Crippen LogP contribution < -0.4 is 4.74 Å². The highest BCUT2D eigenvalue weighted by Gasteiger charge is 2.36. The van der Waals surface area contributed by atoms with Gasteiger partial charge in [0.2, 0.25) is 0 Å². The first-order chi connectivity index (χ1) is 10.2. The van der Waals surface area contributed by atoms with E-state index in [0.29, 0.717) is 6.07 Å². The summed E-state index contributed by atoms with van der Waals surface area (Å²) in [5.41, 5.74) is -2.73. The van der Waals surface area contributed by atoms with E-state index in [1.807, 2.05) is 0 Å². The predicted molar refractivity (Wildman–Crippen MR) is 63.4 cm³/mol. The van der Waals surface area contributed by atoms with Gasteiger partial charge in [-0.15, -0.1) is 0 Å². The normalized spacial score (nSPS) is 11.8. The van der Waals surface area contributed by atoms with Crippen molar-refractivity contribution in [3.05, 3.63) is 53.6 Å². The molecule has 0 aromatic heterocycles. The fraction of sp³-hybridized carbons (Fsp3) is 0.143. The van der Waals surface area contributed by atoms with Gasteiger partial charge in [-0.25, -0.2) is 8.78 Å². The molecular formula is C14H7F7O. The summed E-state index contributed by atoms with van der Waals surface area (Å²) in [4.78, 5) is 0. The number of rotatable bonds is 3. The van der Waals surface area contributed by atoms with E-state index in [4.69, 9.17) is 0 Å². The van der Waals surface area contributed by atoms with Crippen molar-refractivity contribution >= 4 is 0 Å². The Kier molecular flexibility index (Phi) is 4.30. The van der Waals surface area contributed by atoms with E-state index in [9.17, 15) is 30.7 Å². The van der Waals surface area contributed by atoms with Crippen molar-refractivity contribution in [1.82, 2.24) is 0 Å². The van der Waals surface area contributed by atoms with Crippen LogP contribution in [0.25, 0.3) is 11.1 Å². The van der Waals surface area contributed by atoms with Crippen LogP contribution in [0, 0.1) is 11.6 Å². The molecule has 2 aromatic carbocycles. The summed E-state index contributed by atoms with van der Waals surface area (Å²) in [6.07, 6.45) is -5.00. The Morgan fingerprint density at radius 3 is 2.05 bits per heavy atom. The number of ether oxygens (including phenoxy) is 1. The summed E-state index contributed by atoms with van der Waals surface area (Å²) in [6.45, 7) is -3.56. The van der Waals surface area contributed by atoms with Crippen LogP contribution in [0.5, 0.6) is 5.75 Å². The fourth-order valence-corrected chi connectivity index (χ4v) is 1.90. The lowest BCUT2D eigenvalue weighted by atomic mass is 10.0. The maximum absolute atomic E-state index is 13.7. The number of benzene rings is 2. The maximum Gasteiger partial charge on any atom is 0.419 e. The van der Waals surface area contributed by atoms with Gasteiger partial charge in [0.05, 0.1) is 5.56 Å². The zero-order valence-corrected chi connectivity index (χ0v) is 10.6. The van der Waals surface area contributed by atoms with E-state index < -0.39 is 46.9 Å². The van der Waals surface area contributed by atoms with Gasteiger partial charge in [-0.1, -0.05) is 24.3 Å². The molecule has 0 amide bonds. The minimum atomic E-state index is -5.00. The zero-order chi connectivity index (χ0) is 16.5.